The number of hydrogen-bond donors (Lipinski definition) is 1. The first-order valence-electron chi connectivity index (χ1n) is 6.52. The molecular weight excluding hydrogens is 257 g/mol. The van der Waals surface area contributed by atoms with Gasteiger partial charge in [-0.1, -0.05) is 6.07 Å². The van der Waals surface area contributed by atoms with E-state index in [1.807, 2.05) is 0 Å². The summed E-state index contributed by atoms with van der Waals surface area (Å²) in [7, 11) is 0. The molecule has 1 saturated heterocycles. The summed E-state index contributed by atoms with van der Waals surface area (Å²) in [6.45, 7) is 0.769. The molecule has 1 aromatic carbocycles. The van der Waals surface area contributed by atoms with E-state index in [0.717, 1.165) is 38.0 Å². The molecule has 1 N–H and O–H groups in total. The zero-order valence-corrected chi connectivity index (χ0v) is 10.5. The van der Waals surface area contributed by atoms with E-state index in [2.05, 4.69) is 0 Å². The smallest absolute Gasteiger partial charge is 0.194 e. The van der Waals surface area contributed by atoms with E-state index in [1.165, 1.54) is 0 Å². The molecule has 0 aliphatic carbocycles. The number of benzene rings is 1. The van der Waals surface area contributed by atoms with Crippen molar-refractivity contribution >= 4 is 0 Å². The van der Waals surface area contributed by atoms with Crippen molar-refractivity contribution in [1.82, 2.24) is 0 Å². The third-order valence-corrected chi connectivity index (χ3v) is 3.45. The van der Waals surface area contributed by atoms with Gasteiger partial charge in [0, 0.05) is 12.2 Å². The minimum Gasteiger partial charge on any atom is -0.388 e. The summed E-state index contributed by atoms with van der Waals surface area (Å²) in [6.07, 6.45) is 2.91. The van der Waals surface area contributed by atoms with Crippen molar-refractivity contribution in [3.05, 3.63) is 35.1 Å². The maximum absolute atomic E-state index is 13.4. The summed E-state index contributed by atoms with van der Waals surface area (Å²) in [6, 6.07) is 1.92. The molecule has 0 amide bonds. The lowest BCUT2D eigenvalue weighted by Crippen LogP contribution is -2.08. The van der Waals surface area contributed by atoms with Gasteiger partial charge in [0.1, 0.15) is 0 Å². The summed E-state index contributed by atoms with van der Waals surface area (Å²) < 4.78 is 44.7. The Labute approximate surface area is 110 Å². The molecule has 1 fully saturated rings. The molecule has 2 atom stereocenters. The lowest BCUT2D eigenvalue weighted by atomic mass is 10.0. The quantitative estimate of drug-likeness (QED) is 0.833. The van der Waals surface area contributed by atoms with Gasteiger partial charge in [0.05, 0.1) is 12.2 Å². The SMILES string of the molecule is OC(CCCC1CCCO1)c1ccc(F)c(F)c1F. The Hall–Kier alpha value is -1.07. The van der Waals surface area contributed by atoms with Crippen LogP contribution in [0.1, 0.15) is 43.8 Å². The summed E-state index contributed by atoms with van der Waals surface area (Å²) in [5.74, 6) is -4.08. The highest BCUT2D eigenvalue weighted by atomic mass is 19.2. The minimum absolute atomic E-state index is 0.189. The topological polar surface area (TPSA) is 29.5 Å². The van der Waals surface area contributed by atoms with Crippen LogP contribution in [0.15, 0.2) is 12.1 Å². The Balaban J connectivity index is 1.88. The molecule has 2 nitrogen and oxygen atoms in total. The molecule has 0 radical (unpaired) electrons. The lowest BCUT2D eigenvalue weighted by Gasteiger charge is -2.14. The van der Waals surface area contributed by atoms with Crippen LogP contribution in [0.3, 0.4) is 0 Å². The zero-order chi connectivity index (χ0) is 13.8. The highest BCUT2D eigenvalue weighted by Gasteiger charge is 2.20. The molecule has 2 unspecified atom stereocenters. The van der Waals surface area contributed by atoms with Crippen LogP contribution in [0.25, 0.3) is 0 Å². The van der Waals surface area contributed by atoms with Gasteiger partial charge >= 0.3 is 0 Å². The van der Waals surface area contributed by atoms with Crippen LogP contribution in [-0.4, -0.2) is 17.8 Å². The largest absolute Gasteiger partial charge is 0.388 e. The van der Waals surface area contributed by atoms with Crippen molar-refractivity contribution in [2.75, 3.05) is 6.61 Å². The van der Waals surface area contributed by atoms with Crippen LogP contribution in [0.5, 0.6) is 0 Å². The van der Waals surface area contributed by atoms with Crippen LogP contribution in [0.4, 0.5) is 13.2 Å². The Morgan fingerprint density at radius 2 is 2.05 bits per heavy atom. The number of rotatable bonds is 5. The van der Waals surface area contributed by atoms with E-state index >= 15 is 0 Å². The zero-order valence-electron chi connectivity index (χ0n) is 10.5. The van der Waals surface area contributed by atoms with Gasteiger partial charge in [0.2, 0.25) is 0 Å². The number of aliphatic hydroxyl groups excluding tert-OH is 1. The maximum Gasteiger partial charge on any atom is 0.194 e. The molecule has 0 aromatic heterocycles. The Kier molecular flexibility index (Phi) is 4.82. The van der Waals surface area contributed by atoms with E-state index < -0.39 is 23.6 Å². The summed E-state index contributed by atoms with van der Waals surface area (Å²) in [5, 5.41) is 9.82. The Morgan fingerprint density at radius 3 is 2.74 bits per heavy atom. The number of hydrogen-bond acceptors (Lipinski definition) is 2. The fourth-order valence-electron chi connectivity index (χ4n) is 2.36. The van der Waals surface area contributed by atoms with Crippen molar-refractivity contribution in [3.63, 3.8) is 0 Å². The first kappa shape index (κ1) is 14.3. The Morgan fingerprint density at radius 1 is 1.26 bits per heavy atom. The molecule has 1 heterocycles. The molecule has 1 aliphatic heterocycles. The molecule has 5 heteroatoms. The molecule has 0 bridgehead atoms. The third kappa shape index (κ3) is 3.48. The monoisotopic (exact) mass is 274 g/mol. The second-order valence-electron chi connectivity index (χ2n) is 4.85. The second-order valence-corrected chi connectivity index (χ2v) is 4.85. The van der Waals surface area contributed by atoms with Crippen molar-refractivity contribution in [3.8, 4) is 0 Å². The number of ether oxygens (including phenoxy) is 1. The molecule has 1 aromatic rings. The molecule has 19 heavy (non-hydrogen) atoms. The molecule has 0 saturated carbocycles. The maximum atomic E-state index is 13.4. The van der Waals surface area contributed by atoms with E-state index in [-0.39, 0.29) is 11.7 Å². The first-order valence-corrected chi connectivity index (χ1v) is 6.52. The van der Waals surface area contributed by atoms with Crippen molar-refractivity contribution in [1.29, 1.82) is 0 Å². The fraction of sp³-hybridized carbons (Fsp3) is 0.571. The average molecular weight is 274 g/mol. The molecular formula is C14H17F3O2. The first-order chi connectivity index (χ1) is 9.09. The van der Waals surface area contributed by atoms with Gasteiger partial charge in [-0.3, -0.25) is 0 Å². The highest BCUT2D eigenvalue weighted by Crippen LogP contribution is 2.26. The van der Waals surface area contributed by atoms with Crippen LogP contribution in [0.2, 0.25) is 0 Å². The van der Waals surface area contributed by atoms with Gasteiger partial charge < -0.3 is 9.84 Å². The van der Waals surface area contributed by atoms with E-state index in [1.54, 1.807) is 0 Å². The van der Waals surface area contributed by atoms with Gasteiger partial charge in [0.15, 0.2) is 17.5 Å². The molecule has 106 valence electrons. The van der Waals surface area contributed by atoms with Crippen LogP contribution < -0.4 is 0 Å². The van der Waals surface area contributed by atoms with Crippen molar-refractivity contribution < 1.29 is 23.0 Å². The van der Waals surface area contributed by atoms with E-state index in [0.29, 0.717) is 12.8 Å². The molecule has 1 aliphatic rings. The van der Waals surface area contributed by atoms with Crippen LogP contribution in [0, 0.1) is 17.5 Å². The summed E-state index contributed by atoms with van der Waals surface area (Å²) >= 11 is 0. The average Bonchev–Trinajstić information content (AvgIpc) is 2.89. The fourth-order valence-corrected chi connectivity index (χ4v) is 2.36. The lowest BCUT2D eigenvalue weighted by molar-refractivity contribution is 0.0939. The van der Waals surface area contributed by atoms with Gasteiger partial charge in [-0.05, 0) is 38.2 Å². The predicted octanol–water partition coefficient (Wildman–Crippen LogP) is 3.49. The molecule has 0 spiro atoms. The van der Waals surface area contributed by atoms with Crippen LogP contribution in [-0.2, 0) is 4.74 Å². The van der Waals surface area contributed by atoms with Crippen LogP contribution >= 0.6 is 0 Å². The third-order valence-electron chi connectivity index (χ3n) is 3.45. The van der Waals surface area contributed by atoms with Gasteiger partial charge in [-0.2, -0.15) is 0 Å². The molecule has 2 rings (SSSR count). The number of aliphatic hydroxyl groups is 1. The minimum atomic E-state index is -1.53. The van der Waals surface area contributed by atoms with Crippen molar-refractivity contribution in [2.24, 2.45) is 0 Å². The summed E-state index contributed by atoms with van der Waals surface area (Å²) in [4.78, 5) is 0. The standard InChI is InChI=1S/C14H17F3O2/c15-11-7-6-10(13(16)14(11)17)12(18)5-1-3-9-4-2-8-19-9/h6-7,9,12,18H,1-5,8H2. The number of halogens is 3. The Bertz CT molecular complexity index is 431. The van der Waals surface area contributed by atoms with E-state index in [4.69, 9.17) is 4.74 Å². The highest BCUT2D eigenvalue weighted by molar-refractivity contribution is 5.22. The van der Waals surface area contributed by atoms with Gasteiger partial charge in [0.25, 0.3) is 0 Å². The normalized spacial score (nSPS) is 20.7. The van der Waals surface area contributed by atoms with E-state index in [9.17, 15) is 18.3 Å². The second kappa shape index (κ2) is 6.39. The summed E-state index contributed by atoms with van der Waals surface area (Å²) in [5.41, 5.74) is -0.189. The van der Waals surface area contributed by atoms with Crippen molar-refractivity contribution in [2.45, 2.75) is 44.3 Å². The van der Waals surface area contributed by atoms with Gasteiger partial charge in [-0.15, -0.1) is 0 Å². The predicted molar refractivity (Wildman–Crippen MR) is 64.1 cm³/mol. The van der Waals surface area contributed by atoms with Gasteiger partial charge in [-0.25, -0.2) is 13.2 Å².